The minimum Gasteiger partial charge on any atom is -0.444 e. The third kappa shape index (κ3) is 27.5. The fourth-order valence-corrected chi connectivity index (χ4v) is 19.5. The van der Waals surface area contributed by atoms with Gasteiger partial charge >= 0.3 is 12.2 Å². The number of rotatable bonds is 24. The number of carbonyl (C=O) groups is 12. The molecule has 26 heteroatoms. The van der Waals surface area contributed by atoms with Gasteiger partial charge in [-0.15, -0.1) is 39.5 Å². The van der Waals surface area contributed by atoms with Crippen LogP contribution >= 0.6 is 0 Å². The molecule has 14 rings (SSSR count). The van der Waals surface area contributed by atoms with Crippen LogP contribution in [0.25, 0.3) is 0 Å². The summed E-state index contributed by atoms with van der Waals surface area (Å²) in [6.07, 6.45) is 16.7. The summed E-state index contributed by atoms with van der Waals surface area (Å²) in [5.74, 6) is -2.36. The van der Waals surface area contributed by atoms with Gasteiger partial charge in [0, 0.05) is 94.2 Å². The molecule has 6 aliphatic rings. The number of hydrogen-bond acceptors (Lipinski definition) is 18. The van der Waals surface area contributed by atoms with Crippen molar-refractivity contribution >= 4 is 81.3 Å². The number of benzene rings is 8. The van der Waals surface area contributed by atoms with Gasteiger partial charge in [-0.1, -0.05) is 238 Å². The van der Waals surface area contributed by atoms with E-state index in [9.17, 15) is 66.0 Å². The molecular formula is C114H137N9O16S. The van der Waals surface area contributed by atoms with E-state index in [1.807, 2.05) is 158 Å². The van der Waals surface area contributed by atoms with Gasteiger partial charge in [0.25, 0.3) is 39.6 Å². The summed E-state index contributed by atoms with van der Waals surface area (Å²) in [6.45, 7) is 47.9. The molecule has 0 spiro atoms. The molecular weight excluding hydrogens is 1780 g/mol. The topological polar surface area (TPSA) is 287 Å². The second-order valence-corrected chi connectivity index (χ2v) is 40.3. The van der Waals surface area contributed by atoms with Crippen LogP contribution in [0.4, 0.5) is 9.59 Å². The molecule has 25 nitrogen and oxygen atoms in total. The molecule has 6 atom stereocenters. The van der Waals surface area contributed by atoms with E-state index in [-0.39, 0.29) is 96.6 Å². The number of aryl methyl sites for hydroxylation is 2. The van der Waals surface area contributed by atoms with Gasteiger partial charge in [0.05, 0.1) is 21.1 Å². The minimum atomic E-state index is -3.77. The maximum atomic E-state index is 13.3. The van der Waals surface area contributed by atoms with Gasteiger partial charge in [-0.25, -0.2) is 32.1 Å². The SMILES string of the molecule is C=CC[C@@]1(C)C(=O)N(C(=O)c2ccc(C)cc2)CCN1Cc1ccccc1.C=CC[C@@]1(C)C(=O)N(C(=O)c2ccccc2)CCN1C(=O)c1ccccc1.C=CC[C@@]1(C)C(=O)N(C(=O)c2ccccc2)CCN1Cc1ccccc1.C=CC[C@]1(C)CCCN(C(=O)OC(C)(C)C)C1=O.C=CC[C@]1(C)CCCN(C(=O)OCc2ccccc2)C1=O.C=CC[C@]1(C)CCCN(S(=O)(=O)c2ccc(C)cc2)C1=O. The van der Waals surface area contributed by atoms with Gasteiger partial charge in [-0.2, -0.15) is 0 Å². The predicted molar refractivity (Wildman–Crippen MR) is 546 cm³/mol. The number of sulfonamides is 1. The lowest BCUT2D eigenvalue weighted by Crippen LogP contribution is -2.66. The van der Waals surface area contributed by atoms with E-state index in [4.69, 9.17) is 9.47 Å². The summed E-state index contributed by atoms with van der Waals surface area (Å²) in [4.78, 5) is 166. The maximum Gasteiger partial charge on any atom is 0.417 e. The van der Waals surface area contributed by atoms with E-state index >= 15 is 0 Å². The molecule has 0 aliphatic carbocycles. The van der Waals surface area contributed by atoms with Crippen LogP contribution in [0.3, 0.4) is 0 Å². The number of hydrogen-bond donors (Lipinski definition) is 0. The Morgan fingerprint density at radius 3 is 1.01 bits per heavy atom. The van der Waals surface area contributed by atoms with E-state index in [0.29, 0.717) is 120 Å². The van der Waals surface area contributed by atoms with Crippen molar-refractivity contribution in [1.29, 1.82) is 0 Å². The number of amides is 12. The number of likely N-dealkylation sites (tertiary alicyclic amines) is 2. The smallest absolute Gasteiger partial charge is 0.417 e. The Kier molecular flexibility index (Phi) is 39.1. The predicted octanol–water partition coefficient (Wildman–Crippen LogP) is 20.0. The first-order valence-electron chi connectivity index (χ1n) is 47.7. The van der Waals surface area contributed by atoms with E-state index in [1.165, 1.54) is 24.5 Å². The molecule has 12 amide bonds. The molecule has 6 saturated heterocycles. The molecule has 6 aliphatic heterocycles. The number of nitrogens with zero attached hydrogens (tertiary/aromatic N) is 9. The lowest BCUT2D eigenvalue weighted by atomic mass is 9.78. The van der Waals surface area contributed by atoms with Crippen LogP contribution in [0.5, 0.6) is 0 Å². The van der Waals surface area contributed by atoms with E-state index < -0.39 is 60.7 Å². The zero-order chi connectivity index (χ0) is 102. The molecule has 0 saturated carbocycles. The van der Waals surface area contributed by atoms with Crippen LogP contribution in [0, 0.1) is 30.1 Å². The Balaban J connectivity index is 0.000000189. The van der Waals surface area contributed by atoms with Crippen molar-refractivity contribution in [2.75, 3.05) is 58.9 Å². The van der Waals surface area contributed by atoms with Gasteiger partial charge in [0.15, 0.2) is 0 Å². The average Bonchev–Trinajstić information content (AvgIpc) is 0.751. The zero-order valence-corrected chi connectivity index (χ0v) is 83.9. The summed E-state index contributed by atoms with van der Waals surface area (Å²) in [7, 11) is -3.77. The second-order valence-electron chi connectivity index (χ2n) is 38.4. The zero-order valence-electron chi connectivity index (χ0n) is 83.1. The highest BCUT2D eigenvalue weighted by molar-refractivity contribution is 7.89. The Hall–Kier alpha value is -13.7. The summed E-state index contributed by atoms with van der Waals surface area (Å²) >= 11 is 0. The molecule has 0 unspecified atom stereocenters. The molecule has 6 heterocycles. The van der Waals surface area contributed by atoms with Crippen LogP contribution in [-0.4, -0.2) is 204 Å². The first-order valence-corrected chi connectivity index (χ1v) is 49.1. The van der Waals surface area contributed by atoms with Gasteiger partial charge < -0.3 is 14.4 Å². The minimum absolute atomic E-state index is 0.150. The Morgan fingerprint density at radius 2 is 0.643 bits per heavy atom. The van der Waals surface area contributed by atoms with Crippen LogP contribution < -0.4 is 0 Å². The molecule has 0 N–H and O–H groups in total. The fourth-order valence-electron chi connectivity index (χ4n) is 18.0. The van der Waals surface area contributed by atoms with Crippen molar-refractivity contribution in [2.24, 2.45) is 16.2 Å². The Labute approximate surface area is 827 Å². The summed E-state index contributed by atoms with van der Waals surface area (Å²) < 4.78 is 36.9. The number of piperidine rings is 3. The summed E-state index contributed by atoms with van der Waals surface area (Å²) in [5.41, 5.74) is 2.32. The number of carbonyl (C=O) groups excluding carboxylic acids is 12. The van der Waals surface area contributed by atoms with Crippen molar-refractivity contribution < 1.29 is 75.4 Å². The molecule has 0 bridgehead atoms. The lowest BCUT2D eigenvalue weighted by molar-refractivity contribution is -0.147. The van der Waals surface area contributed by atoms with Gasteiger partial charge in [0.1, 0.15) is 28.8 Å². The van der Waals surface area contributed by atoms with E-state index in [1.54, 1.807) is 166 Å². The van der Waals surface area contributed by atoms with E-state index in [0.717, 1.165) is 57.8 Å². The van der Waals surface area contributed by atoms with Crippen molar-refractivity contribution in [2.45, 2.75) is 200 Å². The second kappa shape index (κ2) is 49.7. The van der Waals surface area contributed by atoms with Crippen molar-refractivity contribution in [3.05, 3.63) is 357 Å². The molecule has 0 radical (unpaired) electrons. The number of imide groups is 5. The van der Waals surface area contributed by atoms with E-state index in [2.05, 4.69) is 73.5 Å². The molecule has 8 aromatic rings. The third-order valence-corrected chi connectivity index (χ3v) is 28.0. The molecule has 740 valence electrons. The largest absolute Gasteiger partial charge is 0.444 e. The quantitative estimate of drug-likeness (QED) is 0.0401. The monoisotopic (exact) mass is 1920 g/mol. The highest BCUT2D eigenvalue weighted by Crippen LogP contribution is 2.41. The lowest BCUT2D eigenvalue weighted by Gasteiger charge is -2.46. The normalized spacial score (nSPS) is 21.6. The van der Waals surface area contributed by atoms with Crippen LogP contribution in [0.1, 0.15) is 209 Å². The van der Waals surface area contributed by atoms with Crippen molar-refractivity contribution in [3.63, 3.8) is 0 Å². The summed E-state index contributed by atoms with van der Waals surface area (Å²) in [5, 5.41) is 0. The number of piperazine rings is 3. The third-order valence-electron chi connectivity index (χ3n) is 26.3. The summed E-state index contributed by atoms with van der Waals surface area (Å²) in [6, 6.07) is 70.1. The van der Waals surface area contributed by atoms with Crippen molar-refractivity contribution in [3.8, 4) is 0 Å². The number of allylic oxidation sites excluding steroid dienone is 3. The van der Waals surface area contributed by atoms with Crippen LogP contribution in [-0.2, 0) is 68.0 Å². The molecule has 0 aromatic heterocycles. The van der Waals surface area contributed by atoms with Crippen LogP contribution in [0.15, 0.2) is 311 Å². The number of ether oxygens (including phenoxy) is 2. The molecule has 140 heavy (non-hydrogen) atoms. The van der Waals surface area contributed by atoms with Crippen molar-refractivity contribution in [1.82, 2.24) is 43.5 Å². The van der Waals surface area contributed by atoms with Gasteiger partial charge in [0.2, 0.25) is 29.5 Å². The molecule has 6 fully saturated rings. The maximum absolute atomic E-state index is 13.3. The Morgan fingerprint density at radius 1 is 0.336 bits per heavy atom. The Bertz CT molecular complexity index is 5830. The first kappa shape index (κ1) is 110. The molecule has 8 aromatic carbocycles. The average molecular weight is 1920 g/mol. The van der Waals surface area contributed by atoms with Gasteiger partial charge in [-0.3, -0.25) is 72.4 Å². The van der Waals surface area contributed by atoms with Crippen LogP contribution in [0.2, 0.25) is 0 Å². The first-order chi connectivity index (χ1) is 66.6. The standard InChI is InChI=1S/C23H26N2O2.C22H22N2O3.C22H24N2O2.C17H21NO3.C16H21NO3S.C14H23NO3/c1-4-14-23(3)22(27)25(21(26)20-12-10-18(2)11-13-20)16-15-24(23)17-19-8-6-5-7-9-19;1-3-14-22(2)21(27)23(19(25)17-10-6-4-7-11-17)15-16-24(22)20(26)18-12-8-5-9-13-18;1-3-14-22(2)21(26)24(20(25)19-12-8-5-9-13-19)16-15-23(22)17-18-10-6-4-7-11-18;1-3-10-17(2)11-7-12-18(15(17)19)16(20)21-13-14-8-5-4-6-9-14;1-4-10-16(3)11-5-12-17(15(16)18)21(19,20)14-8-6-13(2)7-9-14;1-6-8-14(5)9-7-10-15(11(14)16)12(17)18-13(2,3)4/h4-13H,1,14-17H2,2-3H3;3-13H,1,14-16H2,2H3;3-13H,1,14-17H2,2H3;3-6,8-9H,1,7,10-13H2,2H3;4,6-9H,1,5,10-12H2,2-3H3;6H,1,7-10H2,2-5H3/t23-;2*22-;17-;16-;14-/m000111/s1. The fraction of sp³-hybridized carbons (Fsp3) is 0.368. The highest BCUT2D eigenvalue weighted by atomic mass is 32.2. The highest BCUT2D eigenvalue weighted by Gasteiger charge is 2.52. The van der Waals surface area contributed by atoms with Gasteiger partial charge in [-0.05, 0) is 210 Å².